The molecule has 0 saturated heterocycles. The summed E-state index contributed by atoms with van der Waals surface area (Å²) in [5, 5.41) is 2.97. The molecule has 0 bridgehead atoms. The van der Waals surface area contributed by atoms with E-state index in [4.69, 9.17) is 0 Å². The topological polar surface area (TPSA) is 57.2 Å². The highest BCUT2D eigenvalue weighted by atomic mass is 15.4. The maximum absolute atomic E-state index is 4.48. The summed E-state index contributed by atoms with van der Waals surface area (Å²) in [7, 11) is 7.66. The predicted molar refractivity (Wildman–Crippen MR) is 76.5 cm³/mol. The molecule has 0 atom stereocenters. The van der Waals surface area contributed by atoms with Crippen molar-refractivity contribution < 1.29 is 0 Å². The van der Waals surface area contributed by atoms with E-state index in [2.05, 4.69) is 45.9 Å². The van der Waals surface area contributed by atoms with Gasteiger partial charge in [-0.3, -0.25) is 0 Å². The summed E-state index contributed by atoms with van der Waals surface area (Å²) < 4.78 is 0. The second-order valence-electron chi connectivity index (χ2n) is 5.13. The van der Waals surface area contributed by atoms with Crippen LogP contribution in [0.25, 0.3) is 0 Å². The Morgan fingerprint density at radius 2 is 1.61 bits per heavy atom. The number of nitrogens with one attached hydrogen (secondary N) is 1. The lowest BCUT2D eigenvalue weighted by molar-refractivity contribution is 0.463. The molecule has 0 unspecified atom stereocenters. The molecule has 0 radical (unpaired) electrons. The van der Waals surface area contributed by atoms with Crippen LogP contribution in [-0.2, 0) is 0 Å². The van der Waals surface area contributed by atoms with Crippen LogP contribution in [0.1, 0.15) is 27.2 Å². The SMILES string of the molecule is CCC(C)(C)N(C)c1nc(NC)nc(N(C)C)n1. The molecule has 0 spiro atoms. The molecule has 1 rings (SSSR count). The van der Waals surface area contributed by atoms with Crippen LogP contribution in [0.15, 0.2) is 0 Å². The van der Waals surface area contributed by atoms with Crippen LogP contribution in [0.2, 0.25) is 0 Å². The van der Waals surface area contributed by atoms with Gasteiger partial charge in [0.05, 0.1) is 0 Å². The van der Waals surface area contributed by atoms with Crippen molar-refractivity contribution in [1.29, 1.82) is 0 Å². The second kappa shape index (κ2) is 5.37. The quantitative estimate of drug-likeness (QED) is 0.859. The fourth-order valence-corrected chi connectivity index (χ4v) is 1.32. The van der Waals surface area contributed by atoms with E-state index in [0.717, 1.165) is 6.42 Å². The molecule has 1 aromatic heterocycles. The Balaban J connectivity index is 3.19. The first kappa shape index (κ1) is 14.5. The van der Waals surface area contributed by atoms with Crippen LogP contribution in [0.5, 0.6) is 0 Å². The molecular formula is C12H24N6. The average molecular weight is 252 g/mol. The summed E-state index contributed by atoms with van der Waals surface area (Å²) in [6.45, 7) is 6.50. The first-order valence-corrected chi connectivity index (χ1v) is 6.16. The van der Waals surface area contributed by atoms with Crippen molar-refractivity contribution in [2.45, 2.75) is 32.7 Å². The molecule has 102 valence electrons. The van der Waals surface area contributed by atoms with E-state index >= 15 is 0 Å². The van der Waals surface area contributed by atoms with Gasteiger partial charge in [0.1, 0.15) is 0 Å². The van der Waals surface area contributed by atoms with Gasteiger partial charge < -0.3 is 15.1 Å². The Bertz CT molecular complexity index is 402. The summed E-state index contributed by atoms with van der Waals surface area (Å²) in [5.74, 6) is 1.93. The minimum absolute atomic E-state index is 0.00987. The first-order chi connectivity index (χ1) is 8.31. The van der Waals surface area contributed by atoms with E-state index in [1.807, 2.05) is 33.1 Å². The number of aromatic nitrogens is 3. The van der Waals surface area contributed by atoms with Gasteiger partial charge in [-0.2, -0.15) is 15.0 Å². The van der Waals surface area contributed by atoms with Crippen LogP contribution in [0, 0.1) is 0 Å². The lowest BCUT2D eigenvalue weighted by Crippen LogP contribution is -2.41. The molecule has 0 fully saturated rings. The zero-order valence-corrected chi connectivity index (χ0v) is 12.4. The maximum Gasteiger partial charge on any atom is 0.232 e. The number of anilines is 3. The molecule has 0 saturated carbocycles. The van der Waals surface area contributed by atoms with Gasteiger partial charge >= 0.3 is 0 Å². The smallest absolute Gasteiger partial charge is 0.232 e. The standard InChI is InChI=1S/C12H24N6/c1-8-12(2,3)18(7)11-15-9(13-4)14-10(16-11)17(5)6/h8H2,1-7H3,(H,13,14,15,16). The minimum atomic E-state index is 0.00987. The molecule has 0 aliphatic heterocycles. The number of hydrogen-bond donors (Lipinski definition) is 1. The molecule has 0 aliphatic carbocycles. The number of hydrogen-bond acceptors (Lipinski definition) is 6. The van der Waals surface area contributed by atoms with Gasteiger partial charge in [-0.25, -0.2) is 0 Å². The fraction of sp³-hybridized carbons (Fsp3) is 0.750. The molecule has 6 nitrogen and oxygen atoms in total. The molecule has 1 aromatic rings. The summed E-state index contributed by atoms with van der Waals surface area (Å²) in [6, 6.07) is 0. The highest BCUT2D eigenvalue weighted by molar-refractivity contribution is 5.45. The molecule has 0 aromatic carbocycles. The Morgan fingerprint density at radius 1 is 1.06 bits per heavy atom. The molecule has 1 heterocycles. The van der Waals surface area contributed by atoms with Crippen molar-refractivity contribution in [1.82, 2.24) is 15.0 Å². The van der Waals surface area contributed by atoms with Gasteiger partial charge in [-0.15, -0.1) is 0 Å². The van der Waals surface area contributed by atoms with Crippen molar-refractivity contribution >= 4 is 17.8 Å². The van der Waals surface area contributed by atoms with E-state index < -0.39 is 0 Å². The zero-order chi connectivity index (χ0) is 13.9. The van der Waals surface area contributed by atoms with Crippen molar-refractivity contribution in [3.05, 3.63) is 0 Å². The summed E-state index contributed by atoms with van der Waals surface area (Å²) in [6.07, 6.45) is 1.02. The van der Waals surface area contributed by atoms with Crippen molar-refractivity contribution in [2.75, 3.05) is 43.3 Å². The van der Waals surface area contributed by atoms with Crippen molar-refractivity contribution in [2.24, 2.45) is 0 Å². The normalized spacial score (nSPS) is 11.3. The van der Waals surface area contributed by atoms with Crippen LogP contribution in [0.4, 0.5) is 17.8 Å². The van der Waals surface area contributed by atoms with Gasteiger partial charge in [-0.1, -0.05) is 6.92 Å². The first-order valence-electron chi connectivity index (χ1n) is 6.16. The predicted octanol–water partition coefficient (Wildman–Crippen LogP) is 1.60. The van der Waals surface area contributed by atoms with E-state index in [1.54, 1.807) is 0 Å². The van der Waals surface area contributed by atoms with E-state index in [9.17, 15) is 0 Å². The third-order valence-corrected chi connectivity index (χ3v) is 3.31. The van der Waals surface area contributed by atoms with Gasteiger partial charge in [0.2, 0.25) is 17.8 Å². The zero-order valence-electron chi connectivity index (χ0n) is 12.4. The van der Waals surface area contributed by atoms with Crippen LogP contribution >= 0.6 is 0 Å². The highest BCUT2D eigenvalue weighted by Gasteiger charge is 2.24. The van der Waals surface area contributed by atoms with Gasteiger partial charge in [0, 0.05) is 33.7 Å². The van der Waals surface area contributed by atoms with Crippen LogP contribution < -0.4 is 15.1 Å². The molecular weight excluding hydrogens is 228 g/mol. The van der Waals surface area contributed by atoms with Crippen molar-refractivity contribution in [3.8, 4) is 0 Å². The van der Waals surface area contributed by atoms with E-state index in [0.29, 0.717) is 17.8 Å². The number of rotatable bonds is 5. The van der Waals surface area contributed by atoms with E-state index in [1.165, 1.54) is 0 Å². The monoisotopic (exact) mass is 252 g/mol. The van der Waals surface area contributed by atoms with Gasteiger partial charge in [0.15, 0.2) is 0 Å². The van der Waals surface area contributed by atoms with Crippen LogP contribution in [0.3, 0.4) is 0 Å². The number of nitrogens with zero attached hydrogens (tertiary/aromatic N) is 5. The Labute approximate surface area is 109 Å². The second-order valence-corrected chi connectivity index (χ2v) is 5.13. The average Bonchev–Trinajstić information content (AvgIpc) is 2.36. The molecule has 6 heteroatoms. The largest absolute Gasteiger partial charge is 0.357 e. The summed E-state index contributed by atoms with van der Waals surface area (Å²) >= 11 is 0. The lowest BCUT2D eigenvalue weighted by atomic mass is 10.0. The van der Waals surface area contributed by atoms with Gasteiger partial charge in [0.25, 0.3) is 0 Å². The highest BCUT2D eigenvalue weighted by Crippen LogP contribution is 2.23. The molecule has 0 aliphatic rings. The summed E-state index contributed by atoms with van der Waals surface area (Å²) in [4.78, 5) is 17.2. The third-order valence-electron chi connectivity index (χ3n) is 3.31. The van der Waals surface area contributed by atoms with Gasteiger partial charge in [-0.05, 0) is 20.3 Å². The molecule has 18 heavy (non-hydrogen) atoms. The molecule has 0 amide bonds. The minimum Gasteiger partial charge on any atom is -0.357 e. The maximum atomic E-state index is 4.48. The van der Waals surface area contributed by atoms with Crippen LogP contribution in [-0.4, -0.2) is 48.7 Å². The molecule has 1 N–H and O–H groups in total. The third kappa shape index (κ3) is 3.00. The Hall–Kier alpha value is -1.59. The van der Waals surface area contributed by atoms with E-state index in [-0.39, 0.29) is 5.54 Å². The Morgan fingerprint density at radius 3 is 2.06 bits per heavy atom. The summed E-state index contributed by atoms with van der Waals surface area (Å²) in [5.41, 5.74) is 0.00987. The fourth-order valence-electron chi connectivity index (χ4n) is 1.32. The van der Waals surface area contributed by atoms with Crippen molar-refractivity contribution in [3.63, 3.8) is 0 Å². The Kier molecular flexibility index (Phi) is 4.32. The lowest BCUT2D eigenvalue weighted by Gasteiger charge is -2.35.